The van der Waals surface area contributed by atoms with Gasteiger partial charge in [0, 0.05) is 37.6 Å². The van der Waals surface area contributed by atoms with Gasteiger partial charge in [0.05, 0.1) is 5.56 Å². The van der Waals surface area contributed by atoms with E-state index in [-0.39, 0.29) is 17.8 Å². The lowest BCUT2D eigenvalue weighted by Gasteiger charge is -2.25. The summed E-state index contributed by atoms with van der Waals surface area (Å²) in [6.45, 7) is 2.54. The van der Waals surface area contributed by atoms with E-state index in [1.165, 1.54) is 12.1 Å². The van der Waals surface area contributed by atoms with Crippen LogP contribution in [-0.4, -0.2) is 41.8 Å². The second-order valence-corrected chi connectivity index (χ2v) is 5.45. The highest BCUT2D eigenvalue weighted by Gasteiger charge is 2.17. The molecule has 1 heterocycles. The van der Waals surface area contributed by atoms with Gasteiger partial charge in [0.25, 0.3) is 0 Å². The number of benzene rings is 1. The van der Waals surface area contributed by atoms with Crippen LogP contribution in [0.3, 0.4) is 0 Å². The normalized spacial score (nSPS) is 16.8. The van der Waals surface area contributed by atoms with Crippen LogP contribution in [0, 0.1) is 11.6 Å². The van der Waals surface area contributed by atoms with Gasteiger partial charge in [0.1, 0.15) is 0 Å². The van der Waals surface area contributed by atoms with Gasteiger partial charge in [0.2, 0.25) is 0 Å². The summed E-state index contributed by atoms with van der Waals surface area (Å²) in [6.07, 6.45) is 0.241. The Bertz CT molecular complexity index is 433. The first-order chi connectivity index (χ1) is 8.68. The summed E-state index contributed by atoms with van der Waals surface area (Å²) >= 11 is 1.90. The molecule has 1 aliphatic heterocycles. The van der Waals surface area contributed by atoms with Crippen molar-refractivity contribution in [2.45, 2.75) is 6.42 Å². The number of ketones is 1. The second-order valence-electron chi connectivity index (χ2n) is 4.23. The molecule has 0 saturated carbocycles. The van der Waals surface area contributed by atoms with Gasteiger partial charge in [-0.25, -0.2) is 8.78 Å². The van der Waals surface area contributed by atoms with Crippen LogP contribution in [0.1, 0.15) is 16.8 Å². The number of halogens is 2. The second kappa shape index (κ2) is 6.29. The zero-order valence-corrected chi connectivity index (χ0v) is 10.8. The van der Waals surface area contributed by atoms with Crippen molar-refractivity contribution in [2.75, 3.05) is 31.1 Å². The Balaban J connectivity index is 1.93. The Morgan fingerprint density at radius 1 is 1.28 bits per heavy atom. The molecule has 0 unspecified atom stereocenters. The maximum Gasteiger partial charge on any atom is 0.169 e. The van der Waals surface area contributed by atoms with E-state index in [0.29, 0.717) is 6.54 Å². The van der Waals surface area contributed by atoms with E-state index in [1.54, 1.807) is 0 Å². The van der Waals surface area contributed by atoms with Crippen LogP contribution in [0.4, 0.5) is 8.78 Å². The van der Waals surface area contributed by atoms with Crippen molar-refractivity contribution in [1.82, 2.24) is 4.90 Å². The fraction of sp³-hybridized carbons (Fsp3) is 0.462. The molecule has 18 heavy (non-hydrogen) atoms. The summed E-state index contributed by atoms with van der Waals surface area (Å²) in [5, 5.41) is 0. The van der Waals surface area contributed by atoms with Crippen molar-refractivity contribution in [3.63, 3.8) is 0 Å². The molecule has 0 bridgehead atoms. The zero-order valence-electron chi connectivity index (χ0n) is 9.99. The summed E-state index contributed by atoms with van der Waals surface area (Å²) in [5.74, 6) is -0.178. The summed E-state index contributed by atoms with van der Waals surface area (Å²) in [6, 6.07) is 3.73. The van der Waals surface area contributed by atoms with Crippen LogP contribution >= 0.6 is 11.8 Å². The third-order valence-corrected chi connectivity index (χ3v) is 3.95. The van der Waals surface area contributed by atoms with Gasteiger partial charge in [-0.05, 0) is 12.1 Å². The van der Waals surface area contributed by atoms with Crippen LogP contribution in [0.25, 0.3) is 0 Å². The monoisotopic (exact) mass is 271 g/mol. The minimum Gasteiger partial charge on any atom is -0.301 e. The van der Waals surface area contributed by atoms with Gasteiger partial charge in [-0.2, -0.15) is 11.8 Å². The van der Waals surface area contributed by atoms with Crippen molar-refractivity contribution in [3.8, 4) is 0 Å². The van der Waals surface area contributed by atoms with Crippen LogP contribution in [-0.2, 0) is 0 Å². The Morgan fingerprint density at radius 3 is 2.72 bits per heavy atom. The number of hydrogen-bond acceptors (Lipinski definition) is 3. The summed E-state index contributed by atoms with van der Waals surface area (Å²) in [4.78, 5) is 14.0. The smallest absolute Gasteiger partial charge is 0.169 e. The van der Waals surface area contributed by atoms with E-state index < -0.39 is 11.6 Å². The van der Waals surface area contributed by atoms with Crippen molar-refractivity contribution >= 4 is 17.5 Å². The van der Waals surface area contributed by atoms with Crippen LogP contribution in [0.5, 0.6) is 0 Å². The highest BCUT2D eigenvalue weighted by atomic mass is 32.2. The Hall–Kier alpha value is -0.940. The lowest BCUT2D eigenvalue weighted by atomic mass is 10.1. The molecule has 1 aliphatic rings. The molecule has 0 atom stereocenters. The highest BCUT2D eigenvalue weighted by molar-refractivity contribution is 7.99. The van der Waals surface area contributed by atoms with Crippen molar-refractivity contribution in [2.24, 2.45) is 0 Å². The largest absolute Gasteiger partial charge is 0.301 e. The van der Waals surface area contributed by atoms with Crippen molar-refractivity contribution in [3.05, 3.63) is 35.4 Å². The molecule has 1 saturated heterocycles. The van der Waals surface area contributed by atoms with Crippen molar-refractivity contribution in [1.29, 1.82) is 0 Å². The molecular formula is C13H15F2NOS. The first-order valence-corrected chi connectivity index (χ1v) is 7.11. The predicted molar refractivity (Wildman–Crippen MR) is 69.1 cm³/mol. The number of carbonyl (C=O) groups is 1. The molecule has 0 N–H and O–H groups in total. The number of hydrogen-bond donors (Lipinski definition) is 0. The maximum absolute atomic E-state index is 13.4. The predicted octanol–water partition coefficient (Wildman–Crippen LogP) is 2.59. The lowest BCUT2D eigenvalue weighted by molar-refractivity contribution is 0.0961. The molecule has 0 aromatic heterocycles. The fourth-order valence-corrected chi connectivity index (χ4v) is 2.92. The quantitative estimate of drug-likeness (QED) is 0.785. The molecule has 1 fully saturated rings. The molecule has 1 aromatic rings. The van der Waals surface area contributed by atoms with Gasteiger partial charge < -0.3 is 4.90 Å². The van der Waals surface area contributed by atoms with E-state index in [2.05, 4.69) is 4.90 Å². The lowest BCUT2D eigenvalue weighted by Crippen LogP contribution is -2.34. The van der Waals surface area contributed by atoms with Gasteiger partial charge in [-0.3, -0.25) is 4.79 Å². The molecule has 0 spiro atoms. The number of thioether (sulfide) groups is 1. The molecule has 2 rings (SSSR count). The minimum atomic E-state index is -1.03. The van der Waals surface area contributed by atoms with Crippen LogP contribution in [0.15, 0.2) is 18.2 Å². The number of nitrogens with zero attached hydrogens (tertiary/aromatic N) is 1. The summed E-state index contributed by atoms with van der Waals surface area (Å²) in [5.41, 5.74) is -0.138. The summed E-state index contributed by atoms with van der Waals surface area (Å²) in [7, 11) is 0. The standard InChI is InChI=1S/C13H15F2NOS/c14-11-3-1-2-10(13(11)15)12(17)4-5-16-6-8-18-9-7-16/h1-3H,4-9H2. The van der Waals surface area contributed by atoms with E-state index in [0.717, 1.165) is 30.7 Å². The average Bonchev–Trinajstić information content (AvgIpc) is 2.40. The highest BCUT2D eigenvalue weighted by Crippen LogP contribution is 2.15. The first kappa shape index (κ1) is 13.5. The first-order valence-electron chi connectivity index (χ1n) is 5.96. The Kier molecular flexibility index (Phi) is 4.72. The van der Waals surface area contributed by atoms with Crippen LogP contribution < -0.4 is 0 Å². The maximum atomic E-state index is 13.4. The topological polar surface area (TPSA) is 20.3 Å². The van der Waals surface area contributed by atoms with E-state index in [9.17, 15) is 13.6 Å². The Morgan fingerprint density at radius 2 is 2.00 bits per heavy atom. The van der Waals surface area contributed by atoms with Gasteiger partial charge in [-0.1, -0.05) is 6.07 Å². The molecule has 2 nitrogen and oxygen atoms in total. The molecular weight excluding hydrogens is 256 g/mol. The zero-order chi connectivity index (χ0) is 13.0. The minimum absolute atomic E-state index is 0.138. The van der Waals surface area contributed by atoms with E-state index in [4.69, 9.17) is 0 Å². The number of carbonyl (C=O) groups excluding carboxylic acids is 1. The molecule has 0 aliphatic carbocycles. The molecule has 1 aromatic carbocycles. The molecule has 98 valence electrons. The molecule has 0 radical (unpaired) electrons. The van der Waals surface area contributed by atoms with E-state index in [1.807, 2.05) is 11.8 Å². The van der Waals surface area contributed by atoms with Crippen LogP contribution in [0.2, 0.25) is 0 Å². The van der Waals surface area contributed by atoms with E-state index >= 15 is 0 Å². The SMILES string of the molecule is O=C(CCN1CCSCC1)c1cccc(F)c1F. The third kappa shape index (κ3) is 3.29. The summed E-state index contributed by atoms with van der Waals surface area (Å²) < 4.78 is 26.4. The van der Waals surface area contributed by atoms with Gasteiger partial charge in [-0.15, -0.1) is 0 Å². The number of rotatable bonds is 4. The molecule has 5 heteroatoms. The van der Waals surface area contributed by atoms with Crippen molar-refractivity contribution < 1.29 is 13.6 Å². The fourth-order valence-electron chi connectivity index (χ4n) is 1.94. The molecule has 0 amide bonds. The number of Topliss-reactive ketones (excluding diaryl/α,β-unsaturated/α-hetero) is 1. The average molecular weight is 271 g/mol. The third-order valence-electron chi connectivity index (χ3n) is 3.01. The van der Waals surface area contributed by atoms with Gasteiger partial charge >= 0.3 is 0 Å². The van der Waals surface area contributed by atoms with Gasteiger partial charge in [0.15, 0.2) is 17.4 Å². The Labute approximate surface area is 109 Å².